The van der Waals surface area contributed by atoms with E-state index in [1.54, 1.807) is 17.8 Å². The van der Waals surface area contributed by atoms with E-state index < -0.39 is 0 Å². The molecule has 5 aromatic carbocycles. The molecule has 0 saturated heterocycles. The highest BCUT2D eigenvalue weighted by molar-refractivity contribution is 7.99. The van der Waals surface area contributed by atoms with Gasteiger partial charge in [0.05, 0.1) is 16.6 Å². The Morgan fingerprint density at radius 1 is 0.852 bits per heavy atom. The maximum atomic E-state index is 6.39. The second-order valence-electron chi connectivity index (χ2n) is 13.5. The summed E-state index contributed by atoms with van der Waals surface area (Å²) in [7, 11) is 0. The quantitative estimate of drug-likeness (QED) is 0.115. The Kier molecular flexibility index (Phi) is 9.62. The first-order valence-corrected chi connectivity index (χ1v) is 19.8. The van der Waals surface area contributed by atoms with E-state index in [0.29, 0.717) is 5.76 Å². The summed E-state index contributed by atoms with van der Waals surface area (Å²) in [5, 5.41) is 4.85. The van der Waals surface area contributed by atoms with E-state index in [4.69, 9.17) is 9.15 Å². The summed E-state index contributed by atoms with van der Waals surface area (Å²) in [5.41, 5.74) is 12.9. The number of allylic oxidation sites excluding steroid dienone is 6. The van der Waals surface area contributed by atoms with Crippen molar-refractivity contribution in [2.75, 3.05) is 6.26 Å². The molecule has 9 rings (SSSR count). The van der Waals surface area contributed by atoms with Gasteiger partial charge in [0.2, 0.25) is 0 Å². The third-order valence-electron chi connectivity index (χ3n) is 10.2. The van der Waals surface area contributed by atoms with Gasteiger partial charge in [-0.25, -0.2) is 0 Å². The Morgan fingerprint density at radius 3 is 2.44 bits per heavy atom. The Labute approximate surface area is 321 Å². The summed E-state index contributed by atoms with van der Waals surface area (Å²) in [6, 6.07) is 33.0. The highest BCUT2D eigenvalue weighted by Crippen LogP contribution is 2.47. The van der Waals surface area contributed by atoms with Crippen LogP contribution in [-0.4, -0.2) is 10.8 Å². The van der Waals surface area contributed by atoms with Crippen molar-refractivity contribution in [3.8, 4) is 33.7 Å². The number of aromatic nitrogens is 1. The number of ether oxygens (including phenoxy) is 1. The Morgan fingerprint density at radius 2 is 1.67 bits per heavy atom. The first-order chi connectivity index (χ1) is 26.4. The van der Waals surface area contributed by atoms with E-state index >= 15 is 0 Å². The number of furan rings is 1. The van der Waals surface area contributed by atoms with Crippen molar-refractivity contribution in [3.63, 3.8) is 0 Å². The molecule has 0 bridgehead atoms. The molecule has 1 aliphatic carbocycles. The number of hydrogen-bond acceptors (Lipinski definition) is 3. The monoisotopic (exact) mass is 721 g/mol. The normalized spacial score (nSPS) is 13.2. The van der Waals surface area contributed by atoms with Crippen LogP contribution in [0.1, 0.15) is 44.2 Å². The highest BCUT2D eigenvalue weighted by atomic mass is 32.2. The van der Waals surface area contributed by atoms with Crippen LogP contribution >= 0.6 is 11.8 Å². The average Bonchev–Trinajstić information content (AvgIpc) is 3.75. The molecule has 7 aromatic rings. The first-order valence-electron chi connectivity index (χ1n) is 18.5. The predicted molar refractivity (Wildman–Crippen MR) is 234 cm³/mol. The van der Waals surface area contributed by atoms with Gasteiger partial charge in [-0.15, -0.1) is 11.8 Å². The zero-order valence-corrected chi connectivity index (χ0v) is 31.9. The lowest BCUT2D eigenvalue weighted by atomic mass is 9.94. The number of fused-ring (bicyclic) bond motifs is 7. The zero-order valence-electron chi connectivity index (χ0n) is 31.1. The van der Waals surface area contributed by atoms with Gasteiger partial charge in [-0.1, -0.05) is 106 Å². The molecule has 266 valence electrons. The van der Waals surface area contributed by atoms with Crippen LogP contribution in [0.4, 0.5) is 0 Å². The lowest BCUT2D eigenvalue weighted by Gasteiger charge is -2.25. The van der Waals surface area contributed by atoms with E-state index in [1.165, 1.54) is 31.8 Å². The van der Waals surface area contributed by atoms with E-state index in [1.807, 2.05) is 19.1 Å². The van der Waals surface area contributed by atoms with Crippen molar-refractivity contribution in [3.05, 3.63) is 163 Å². The van der Waals surface area contributed by atoms with Gasteiger partial charge in [0.1, 0.15) is 22.5 Å². The third-order valence-corrected chi connectivity index (χ3v) is 11.0. The number of hydrogen-bond donors (Lipinski definition) is 0. The highest BCUT2D eigenvalue weighted by Gasteiger charge is 2.25. The van der Waals surface area contributed by atoms with Crippen molar-refractivity contribution in [1.29, 1.82) is 0 Å². The zero-order chi connectivity index (χ0) is 37.3. The summed E-state index contributed by atoms with van der Waals surface area (Å²) in [4.78, 5) is 1.24. The lowest BCUT2D eigenvalue weighted by Crippen LogP contribution is -2.21. The standard InChI is InChI=1S/C45H35NO2S.C5H8/c1-5-6-12-27(2)33-21-22-40-43(45(33)49-4)38-14-7-9-17-39(38)46(40)32-24-30(23-31(25-32)35-16-11-15-34-28(3)47-44(34)35)29-19-20-37-36-13-8-10-18-41(36)48-42(37)26-29;1-3-5-4-2/h6-7,9,11-26H,2-3,5,8,10H2,1,4H3;3-5H,1H2,2H3/b12-6-;5-4-. The summed E-state index contributed by atoms with van der Waals surface area (Å²) >= 11 is 1.79. The van der Waals surface area contributed by atoms with Gasteiger partial charge in [-0.05, 0) is 115 Å². The molecule has 3 nitrogen and oxygen atoms in total. The Balaban J connectivity index is 0.000000778. The van der Waals surface area contributed by atoms with E-state index in [0.717, 1.165) is 86.1 Å². The summed E-state index contributed by atoms with van der Waals surface area (Å²) in [6.45, 7) is 16.1. The van der Waals surface area contributed by atoms with Crippen LogP contribution in [0.15, 0.2) is 150 Å². The minimum absolute atomic E-state index is 0.715. The van der Waals surface area contributed by atoms with Gasteiger partial charge in [-0.3, -0.25) is 0 Å². The van der Waals surface area contributed by atoms with E-state index in [9.17, 15) is 0 Å². The molecule has 54 heavy (non-hydrogen) atoms. The second kappa shape index (κ2) is 14.8. The fourth-order valence-corrected chi connectivity index (χ4v) is 8.50. The molecular weight excluding hydrogens is 679 g/mol. The third kappa shape index (κ3) is 6.07. The van der Waals surface area contributed by atoms with Gasteiger partial charge in [0, 0.05) is 37.5 Å². The van der Waals surface area contributed by atoms with Crippen LogP contribution in [-0.2, 0) is 0 Å². The fraction of sp³-hybridized carbons (Fsp3) is 0.120. The van der Waals surface area contributed by atoms with Gasteiger partial charge < -0.3 is 13.7 Å². The van der Waals surface area contributed by atoms with Crippen LogP contribution in [0.2, 0.25) is 0 Å². The minimum Gasteiger partial charge on any atom is -0.456 e. The molecule has 0 fully saturated rings. The molecule has 0 radical (unpaired) electrons. The number of nitrogens with zero attached hydrogens (tertiary/aromatic N) is 1. The summed E-state index contributed by atoms with van der Waals surface area (Å²) in [5.74, 6) is 1.60. The summed E-state index contributed by atoms with van der Waals surface area (Å²) < 4.78 is 14.8. The Bertz CT molecular complexity index is 2840. The van der Waals surface area contributed by atoms with Gasteiger partial charge in [0.15, 0.2) is 0 Å². The average molecular weight is 722 g/mol. The topological polar surface area (TPSA) is 27.3 Å². The lowest BCUT2D eigenvalue weighted by molar-refractivity contribution is 0.469. The van der Waals surface area contributed by atoms with Crippen LogP contribution in [0.25, 0.3) is 84.2 Å². The molecule has 2 aromatic heterocycles. The predicted octanol–water partition coefficient (Wildman–Crippen LogP) is 13.0. The van der Waals surface area contributed by atoms with Crippen LogP contribution in [0.3, 0.4) is 0 Å². The molecular formula is C50H43NO2S. The Hall–Kier alpha value is -5.97. The molecule has 1 aliphatic heterocycles. The van der Waals surface area contributed by atoms with E-state index in [-0.39, 0.29) is 0 Å². The molecule has 4 heteroatoms. The van der Waals surface area contributed by atoms with Gasteiger partial charge in [0.25, 0.3) is 0 Å². The van der Waals surface area contributed by atoms with Gasteiger partial charge in [-0.2, -0.15) is 0 Å². The first kappa shape index (κ1) is 35.1. The van der Waals surface area contributed by atoms with E-state index in [2.05, 4.69) is 153 Å². The van der Waals surface area contributed by atoms with Crippen molar-refractivity contribution in [2.24, 2.45) is 0 Å². The number of rotatable bonds is 8. The largest absolute Gasteiger partial charge is 0.456 e. The van der Waals surface area contributed by atoms with Crippen LogP contribution in [0, 0.1) is 0 Å². The van der Waals surface area contributed by atoms with Crippen LogP contribution in [0.5, 0.6) is 5.75 Å². The molecule has 0 N–H and O–H groups in total. The maximum Gasteiger partial charge on any atom is 0.146 e. The summed E-state index contributed by atoms with van der Waals surface area (Å²) in [6.07, 6.45) is 19.6. The number of benzene rings is 5. The fourth-order valence-electron chi connectivity index (χ4n) is 7.67. The molecule has 3 heterocycles. The molecule has 0 atom stereocenters. The van der Waals surface area contributed by atoms with Gasteiger partial charge >= 0.3 is 0 Å². The smallest absolute Gasteiger partial charge is 0.146 e. The molecule has 0 unspecified atom stereocenters. The second-order valence-corrected chi connectivity index (χ2v) is 14.4. The molecule has 2 aliphatic rings. The molecule has 0 spiro atoms. The SMILES string of the molecule is C=C/C=C\C.C=C1Oc2c1cccc2-c1cc(-c2ccc3c4c(oc3c2)=CCCC=4)cc(-n2c3ccccc3c3c(SC)c(C(=C)/C=C\CC)ccc32)c1. The number of thioether (sulfide) groups is 1. The van der Waals surface area contributed by atoms with Crippen molar-refractivity contribution < 1.29 is 9.15 Å². The van der Waals surface area contributed by atoms with Crippen molar-refractivity contribution in [2.45, 2.75) is 38.0 Å². The number of para-hydroxylation sites is 2. The van der Waals surface area contributed by atoms with Crippen molar-refractivity contribution in [1.82, 2.24) is 4.57 Å². The van der Waals surface area contributed by atoms with Crippen molar-refractivity contribution >= 4 is 68.0 Å². The molecule has 0 amide bonds. The minimum atomic E-state index is 0.715. The molecule has 0 saturated carbocycles. The maximum absolute atomic E-state index is 6.39. The van der Waals surface area contributed by atoms with Crippen LogP contribution < -0.4 is 15.4 Å².